The number of benzene rings is 1. The maximum atomic E-state index is 3.78. The van der Waals surface area contributed by atoms with Gasteiger partial charge in [-0.3, -0.25) is 0 Å². The molecule has 1 aliphatic carbocycles. The first kappa shape index (κ1) is 12.5. The number of rotatable bonds is 3. The average molecular weight is 231 g/mol. The van der Waals surface area contributed by atoms with Gasteiger partial charge in [-0.1, -0.05) is 52.3 Å². The summed E-state index contributed by atoms with van der Waals surface area (Å²) in [5, 5.41) is 3.78. The molecule has 1 N–H and O–H groups in total. The highest BCUT2D eigenvalue weighted by Gasteiger charge is 2.34. The van der Waals surface area contributed by atoms with Crippen LogP contribution in [0, 0.1) is 5.41 Å². The van der Waals surface area contributed by atoms with E-state index in [0.29, 0.717) is 17.4 Å². The third-order valence-corrected chi connectivity index (χ3v) is 4.17. The molecule has 94 valence electrons. The summed E-state index contributed by atoms with van der Waals surface area (Å²) in [7, 11) is 0. The Morgan fingerprint density at radius 1 is 1.24 bits per heavy atom. The predicted octanol–water partition coefficient (Wildman–Crippen LogP) is 4.80. The highest BCUT2D eigenvalue weighted by atomic mass is 14.9. The molecule has 1 aromatic rings. The summed E-state index contributed by atoms with van der Waals surface area (Å²) in [6.45, 7) is 9.30. The summed E-state index contributed by atoms with van der Waals surface area (Å²) >= 11 is 0. The molecular weight excluding hydrogens is 206 g/mol. The fraction of sp³-hybridized carbons (Fsp3) is 0.625. The molecule has 1 aliphatic rings. The van der Waals surface area contributed by atoms with Gasteiger partial charge in [0.2, 0.25) is 0 Å². The van der Waals surface area contributed by atoms with Gasteiger partial charge >= 0.3 is 0 Å². The molecule has 1 saturated carbocycles. The molecule has 0 amide bonds. The van der Waals surface area contributed by atoms with E-state index < -0.39 is 0 Å². The molecule has 1 aromatic carbocycles. The molecule has 0 saturated heterocycles. The van der Waals surface area contributed by atoms with E-state index in [-0.39, 0.29) is 0 Å². The molecule has 2 rings (SSSR count). The van der Waals surface area contributed by atoms with Gasteiger partial charge in [-0.2, -0.15) is 0 Å². The minimum atomic E-state index is 0.435. The molecule has 1 heteroatoms. The normalized spacial score (nSPS) is 23.0. The average Bonchev–Trinajstić information content (AvgIpc) is 2.59. The standard InChI is InChI=1S/C16H25N/c1-12(2)13-8-5-6-9-14(13)17-15-10-7-11-16(15,3)4/h5-6,8-9,12,15,17H,7,10-11H2,1-4H3. The van der Waals surface area contributed by atoms with Crippen LogP contribution in [0.3, 0.4) is 0 Å². The second-order valence-electron chi connectivity index (χ2n) is 6.32. The Balaban J connectivity index is 2.19. The van der Waals surface area contributed by atoms with Gasteiger partial charge in [-0.05, 0) is 35.8 Å². The minimum absolute atomic E-state index is 0.435. The molecule has 1 nitrogen and oxygen atoms in total. The largest absolute Gasteiger partial charge is 0.382 e. The maximum Gasteiger partial charge on any atom is 0.0377 e. The first-order valence-electron chi connectivity index (χ1n) is 6.86. The van der Waals surface area contributed by atoms with Crippen LogP contribution in [0.4, 0.5) is 5.69 Å². The fourth-order valence-electron chi connectivity index (χ4n) is 2.91. The number of nitrogens with one attached hydrogen (secondary N) is 1. The van der Waals surface area contributed by atoms with Crippen molar-refractivity contribution >= 4 is 5.69 Å². The van der Waals surface area contributed by atoms with Gasteiger partial charge < -0.3 is 5.32 Å². The van der Waals surface area contributed by atoms with Gasteiger partial charge in [0.25, 0.3) is 0 Å². The van der Waals surface area contributed by atoms with Crippen LogP contribution in [0.1, 0.15) is 58.4 Å². The van der Waals surface area contributed by atoms with E-state index in [1.165, 1.54) is 30.5 Å². The predicted molar refractivity (Wildman–Crippen MR) is 75.6 cm³/mol. The van der Waals surface area contributed by atoms with Crippen molar-refractivity contribution in [1.82, 2.24) is 0 Å². The second kappa shape index (κ2) is 4.72. The summed E-state index contributed by atoms with van der Waals surface area (Å²) in [6.07, 6.45) is 4.00. The second-order valence-corrected chi connectivity index (χ2v) is 6.32. The van der Waals surface area contributed by atoms with Crippen molar-refractivity contribution in [3.8, 4) is 0 Å². The molecule has 1 fully saturated rings. The van der Waals surface area contributed by atoms with Crippen LogP contribution in [0.5, 0.6) is 0 Å². The van der Waals surface area contributed by atoms with E-state index in [1.54, 1.807) is 0 Å². The Bertz CT molecular complexity index is 379. The van der Waals surface area contributed by atoms with E-state index >= 15 is 0 Å². The topological polar surface area (TPSA) is 12.0 Å². The molecule has 0 spiro atoms. The van der Waals surface area contributed by atoms with Crippen LogP contribution in [0.25, 0.3) is 0 Å². The van der Waals surface area contributed by atoms with Crippen molar-refractivity contribution in [3.05, 3.63) is 29.8 Å². The zero-order chi connectivity index (χ0) is 12.5. The maximum absolute atomic E-state index is 3.78. The number of hydrogen-bond acceptors (Lipinski definition) is 1. The third-order valence-electron chi connectivity index (χ3n) is 4.17. The Morgan fingerprint density at radius 3 is 2.53 bits per heavy atom. The summed E-state index contributed by atoms with van der Waals surface area (Å²) < 4.78 is 0. The Labute approximate surface area is 106 Å². The molecule has 1 atom stereocenters. The van der Waals surface area contributed by atoms with Gasteiger partial charge in [-0.15, -0.1) is 0 Å². The minimum Gasteiger partial charge on any atom is -0.382 e. The van der Waals surface area contributed by atoms with Gasteiger partial charge in [0.05, 0.1) is 0 Å². The van der Waals surface area contributed by atoms with Crippen LogP contribution in [0.15, 0.2) is 24.3 Å². The quantitative estimate of drug-likeness (QED) is 0.788. The zero-order valence-corrected chi connectivity index (χ0v) is 11.6. The van der Waals surface area contributed by atoms with Gasteiger partial charge in [0.15, 0.2) is 0 Å². The van der Waals surface area contributed by atoms with E-state index in [2.05, 4.69) is 57.3 Å². The lowest BCUT2D eigenvalue weighted by Gasteiger charge is -2.30. The fourth-order valence-corrected chi connectivity index (χ4v) is 2.91. The zero-order valence-electron chi connectivity index (χ0n) is 11.6. The van der Waals surface area contributed by atoms with Gasteiger partial charge in [0.1, 0.15) is 0 Å². The lowest BCUT2D eigenvalue weighted by atomic mass is 9.87. The Hall–Kier alpha value is -0.980. The van der Waals surface area contributed by atoms with Crippen LogP contribution < -0.4 is 5.32 Å². The van der Waals surface area contributed by atoms with E-state index in [1.807, 2.05) is 0 Å². The van der Waals surface area contributed by atoms with E-state index in [4.69, 9.17) is 0 Å². The monoisotopic (exact) mass is 231 g/mol. The van der Waals surface area contributed by atoms with Crippen LogP contribution in [-0.4, -0.2) is 6.04 Å². The summed E-state index contributed by atoms with van der Waals surface area (Å²) in [4.78, 5) is 0. The van der Waals surface area contributed by atoms with Crippen molar-refractivity contribution in [2.45, 2.75) is 58.9 Å². The van der Waals surface area contributed by atoms with Crippen molar-refractivity contribution in [2.24, 2.45) is 5.41 Å². The first-order chi connectivity index (χ1) is 8.00. The SMILES string of the molecule is CC(C)c1ccccc1NC1CCCC1(C)C. The third kappa shape index (κ3) is 2.65. The van der Waals surface area contributed by atoms with Crippen molar-refractivity contribution in [1.29, 1.82) is 0 Å². The smallest absolute Gasteiger partial charge is 0.0377 e. The first-order valence-corrected chi connectivity index (χ1v) is 6.86. The molecular formula is C16H25N. The lowest BCUT2D eigenvalue weighted by Crippen LogP contribution is -2.31. The number of anilines is 1. The summed E-state index contributed by atoms with van der Waals surface area (Å²) in [6, 6.07) is 9.37. The van der Waals surface area contributed by atoms with Crippen molar-refractivity contribution in [3.63, 3.8) is 0 Å². The molecule has 0 heterocycles. The van der Waals surface area contributed by atoms with Crippen LogP contribution >= 0.6 is 0 Å². The molecule has 0 radical (unpaired) electrons. The van der Waals surface area contributed by atoms with Gasteiger partial charge in [0, 0.05) is 11.7 Å². The summed E-state index contributed by atoms with van der Waals surface area (Å²) in [5.74, 6) is 0.586. The Morgan fingerprint density at radius 2 is 1.94 bits per heavy atom. The molecule has 17 heavy (non-hydrogen) atoms. The van der Waals surface area contributed by atoms with Crippen molar-refractivity contribution in [2.75, 3.05) is 5.32 Å². The highest BCUT2D eigenvalue weighted by molar-refractivity contribution is 5.53. The van der Waals surface area contributed by atoms with E-state index in [9.17, 15) is 0 Å². The van der Waals surface area contributed by atoms with Crippen LogP contribution in [0.2, 0.25) is 0 Å². The van der Waals surface area contributed by atoms with E-state index in [0.717, 1.165) is 0 Å². The molecule has 0 bridgehead atoms. The van der Waals surface area contributed by atoms with Crippen LogP contribution in [-0.2, 0) is 0 Å². The molecule has 0 aromatic heterocycles. The lowest BCUT2D eigenvalue weighted by molar-refractivity contribution is 0.350. The molecule has 0 aliphatic heterocycles. The van der Waals surface area contributed by atoms with Crippen molar-refractivity contribution < 1.29 is 0 Å². The number of hydrogen-bond donors (Lipinski definition) is 1. The van der Waals surface area contributed by atoms with Gasteiger partial charge in [-0.25, -0.2) is 0 Å². The Kier molecular flexibility index (Phi) is 3.46. The summed E-state index contributed by atoms with van der Waals surface area (Å²) in [5.41, 5.74) is 3.21. The highest BCUT2D eigenvalue weighted by Crippen LogP contribution is 2.39. The number of para-hydroxylation sites is 1. The molecule has 1 unspecified atom stereocenters.